The standard InChI is InChI=1S/C19H22Cl2N2O5/c1-2-13(28-14-8-11(20)5-6-12(14)21)17(24)22-23-18(25)15-9-3-4-10(7-9)16(15)19(26)27/h5-6,8-10,13,15-16H,2-4,7H2,1H3,(H,22,24)(H,23,25)(H,26,27)/t9-,10+,13-,15-,16+/m1/s1. The minimum atomic E-state index is -0.955. The fraction of sp³-hybridized carbons (Fsp3) is 0.526. The normalized spacial score (nSPS) is 26.5. The quantitative estimate of drug-likeness (QED) is 0.603. The van der Waals surface area contributed by atoms with Crippen LogP contribution in [0, 0.1) is 23.7 Å². The second-order valence-electron chi connectivity index (χ2n) is 7.29. The number of hydrogen-bond donors (Lipinski definition) is 3. The third kappa shape index (κ3) is 4.20. The van der Waals surface area contributed by atoms with E-state index >= 15 is 0 Å². The molecule has 0 unspecified atom stereocenters. The van der Waals surface area contributed by atoms with Gasteiger partial charge in [-0.2, -0.15) is 0 Å². The maximum Gasteiger partial charge on any atom is 0.307 e. The molecule has 1 aromatic rings. The number of carboxylic acid groups (broad SMARTS) is 1. The molecule has 0 radical (unpaired) electrons. The van der Waals surface area contributed by atoms with Crippen LogP contribution in [0.4, 0.5) is 0 Å². The zero-order valence-electron chi connectivity index (χ0n) is 15.3. The number of carbonyl (C=O) groups is 3. The van der Waals surface area contributed by atoms with E-state index in [2.05, 4.69) is 10.9 Å². The van der Waals surface area contributed by atoms with Gasteiger partial charge in [-0.05, 0) is 49.7 Å². The number of carbonyl (C=O) groups excluding carboxylic acids is 2. The molecule has 2 fully saturated rings. The smallest absolute Gasteiger partial charge is 0.307 e. The van der Waals surface area contributed by atoms with Gasteiger partial charge in [0.25, 0.3) is 5.91 Å². The summed E-state index contributed by atoms with van der Waals surface area (Å²) in [7, 11) is 0. The van der Waals surface area contributed by atoms with Gasteiger partial charge in [-0.3, -0.25) is 25.2 Å². The van der Waals surface area contributed by atoms with Crippen LogP contribution in [0.1, 0.15) is 32.6 Å². The Labute approximate surface area is 172 Å². The van der Waals surface area contributed by atoms with Gasteiger partial charge in [0.15, 0.2) is 6.10 Å². The molecule has 2 bridgehead atoms. The van der Waals surface area contributed by atoms with Crippen LogP contribution >= 0.6 is 23.2 Å². The van der Waals surface area contributed by atoms with Gasteiger partial charge >= 0.3 is 5.97 Å². The molecule has 28 heavy (non-hydrogen) atoms. The molecule has 2 amide bonds. The molecular formula is C19H22Cl2N2O5. The van der Waals surface area contributed by atoms with Crippen LogP contribution < -0.4 is 15.6 Å². The first-order chi connectivity index (χ1) is 13.3. The van der Waals surface area contributed by atoms with Crippen molar-refractivity contribution in [2.45, 2.75) is 38.7 Å². The molecule has 0 aliphatic heterocycles. The van der Waals surface area contributed by atoms with Gasteiger partial charge in [-0.1, -0.05) is 30.1 Å². The van der Waals surface area contributed by atoms with Gasteiger partial charge in [0.05, 0.1) is 16.9 Å². The first-order valence-electron chi connectivity index (χ1n) is 9.26. The average Bonchev–Trinajstić information content (AvgIpc) is 3.27. The molecular weight excluding hydrogens is 407 g/mol. The van der Waals surface area contributed by atoms with Crippen molar-refractivity contribution in [1.29, 1.82) is 0 Å². The van der Waals surface area contributed by atoms with Crippen LogP contribution in [0.3, 0.4) is 0 Å². The van der Waals surface area contributed by atoms with Gasteiger partial charge in [-0.25, -0.2) is 0 Å². The third-order valence-electron chi connectivity index (χ3n) is 5.64. The van der Waals surface area contributed by atoms with E-state index in [4.69, 9.17) is 27.9 Å². The molecule has 0 saturated heterocycles. The predicted molar refractivity (Wildman–Crippen MR) is 103 cm³/mol. The number of carboxylic acids is 1. The van der Waals surface area contributed by atoms with E-state index in [0.717, 1.165) is 19.3 Å². The van der Waals surface area contributed by atoms with Crippen molar-refractivity contribution in [2.24, 2.45) is 23.7 Å². The number of rotatable bonds is 6. The lowest BCUT2D eigenvalue weighted by molar-refractivity contribution is -0.150. The minimum absolute atomic E-state index is 0.0330. The summed E-state index contributed by atoms with van der Waals surface area (Å²) >= 11 is 12.0. The molecule has 2 saturated carbocycles. The monoisotopic (exact) mass is 428 g/mol. The van der Waals surface area contributed by atoms with Crippen LogP contribution in [0.25, 0.3) is 0 Å². The first-order valence-corrected chi connectivity index (χ1v) is 10.0. The average molecular weight is 429 g/mol. The summed E-state index contributed by atoms with van der Waals surface area (Å²) < 4.78 is 5.63. The number of hydrazine groups is 1. The molecule has 7 nitrogen and oxygen atoms in total. The van der Waals surface area contributed by atoms with Gasteiger partial charge in [0.1, 0.15) is 5.75 Å². The predicted octanol–water partition coefficient (Wildman–Crippen LogP) is 3.05. The number of halogens is 2. The van der Waals surface area contributed by atoms with Crippen molar-refractivity contribution in [3.63, 3.8) is 0 Å². The van der Waals surface area contributed by atoms with E-state index in [9.17, 15) is 19.5 Å². The van der Waals surface area contributed by atoms with E-state index in [1.807, 2.05) is 0 Å². The molecule has 3 rings (SSSR count). The molecule has 2 aliphatic rings. The van der Waals surface area contributed by atoms with Crippen molar-refractivity contribution < 1.29 is 24.2 Å². The minimum Gasteiger partial charge on any atom is -0.481 e. The summed E-state index contributed by atoms with van der Waals surface area (Å²) in [5, 5.41) is 10.2. The summed E-state index contributed by atoms with van der Waals surface area (Å²) in [5.41, 5.74) is 4.73. The third-order valence-corrected chi connectivity index (χ3v) is 6.19. The lowest BCUT2D eigenvalue weighted by atomic mass is 9.79. The zero-order chi connectivity index (χ0) is 20.4. The number of benzene rings is 1. The summed E-state index contributed by atoms with van der Waals surface area (Å²) in [5.74, 6) is -2.95. The number of ether oxygens (including phenoxy) is 1. The fourth-order valence-corrected chi connectivity index (χ4v) is 4.68. The second-order valence-corrected chi connectivity index (χ2v) is 8.13. The zero-order valence-corrected chi connectivity index (χ0v) is 16.8. The van der Waals surface area contributed by atoms with Crippen molar-refractivity contribution in [1.82, 2.24) is 10.9 Å². The van der Waals surface area contributed by atoms with Crippen LogP contribution in [0.5, 0.6) is 5.75 Å². The Morgan fingerprint density at radius 2 is 1.86 bits per heavy atom. The van der Waals surface area contributed by atoms with Gasteiger partial charge in [0.2, 0.25) is 5.91 Å². The molecule has 0 aromatic heterocycles. The Balaban J connectivity index is 1.60. The van der Waals surface area contributed by atoms with Crippen molar-refractivity contribution >= 4 is 41.0 Å². The largest absolute Gasteiger partial charge is 0.481 e. The van der Waals surface area contributed by atoms with E-state index in [1.54, 1.807) is 19.1 Å². The Hall–Kier alpha value is -1.99. The highest BCUT2D eigenvalue weighted by molar-refractivity contribution is 6.34. The number of nitrogens with one attached hydrogen (secondary N) is 2. The summed E-state index contributed by atoms with van der Waals surface area (Å²) in [4.78, 5) is 36.5. The van der Waals surface area contributed by atoms with Crippen LogP contribution in [-0.4, -0.2) is 29.0 Å². The molecule has 152 valence electrons. The lowest BCUT2D eigenvalue weighted by Crippen LogP contribution is -2.52. The molecule has 5 atom stereocenters. The van der Waals surface area contributed by atoms with Crippen molar-refractivity contribution in [3.8, 4) is 5.75 Å². The van der Waals surface area contributed by atoms with Gasteiger partial charge < -0.3 is 9.84 Å². The van der Waals surface area contributed by atoms with Crippen LogP contribution in [0.15, 0.2) is 18.2 Å². The first kappa shape index (κ1) is 20.7. The molecule has 0 spiro atoms. The molecule has 1 aromatic carbocycles. The van der Waals surface area contributed by atoms with E-state index < -0.39 is 35.7 Å². The van der Waals surface area contributed by atoms with E-state index in [0.29, 0.717) is 16.5 Å². The Kier molecular flexibility index (Phi) is 6.35. The van der Waals surface area contributed by atoms with Gasteiger partial charge in [0, 0.05) is 11.1 Å². The Morgan fingerprint density at radius 3 is 2.50 bits per heavy atom. The number of hydrogen-bond acceptors (Lipinski definition) is 4. The summed E-state index contributed by atoms with van der Waals surface area (Å²) in [6, 6.07) is 4.67. The second kappa shape index (κ2) is 8.57. The fourth-order valence-electron chi connectivity index (χ4n) is 4.35. The molecule has 0 heterocycles. The van der Waals surface area contributed by atoms with Crippen molar-refractivity contribution in [2.75, 3.05) is 0 Å². The number of amides is 2. The van der Waals surface area contributed by atoms with E-state index in [-0.39, 0.29) is 17.6 Å². The summed E-state index contributed by atoms with van der Waals surface area (Å²) in [6.45, 7) is 1.75. The lowest BCUT2D eigenvalue weighted by Gasteiger charge is -2.27. The molecule has 3 N–H and O–H groups in total. The summed E-state index contributed by atoms with van der Waals surface area (Å²) in [6.07, 6.45) is 1.86. The highest BCUT2D eigenvalue weighted by Gasteiger charge is 2.54. The number of aliphatic carboxylic acids is 1. The van der Waals surface area contributed by atoms with E-state index in [1.165, 1.54) is 6.07 Å². The van der Waals surface area contributed by atoms with Gasteiger partial charge in [-0.15, -0.1) is 0 Å². The Morgan fingerprint density at radius 1 is 1.18 bits per heavy atom. The number of fused-ring (bicyclic) bond motifs is 2. The highest BCUT2D eigenvalue weighted by Crippen LogP contribution is 2.52. The van der Waals surface area contributed by atoms with Crippen LogP contribution in [-0.2, 0) is 14.4 Å². The maximum atomic E-state index is 12.6. The van der Waals surface area contributed by atoms with Crippen LogP contribution in [0.2, 0.25) is 10.0 Å². The topological polar surface area (TPSA) is 105 Å². The molecule has 2 aliphatic carbocycles. The molecule has 9 heteroatoms. The van der Waals surface area contributed by atoms with Crippen molar-refractivity contribution in [3.05, 3.63) is 28.2 Å². The maximum absolute atomic E-state index is 12.6. The highest BCUT2D eigenvalue weighted by atomic mass is 35.5. The SMILES string of the molecule is CC[C@@H](Oc1cc(Cl)ccc1Cl)C(=O)NNC(=O)[C@@H]1[C@@H]2CC[C@@H](C2)[C@@H]1C(=O)O. The Bertz CT molecular complexity index is 788.